The Morgan fingerprint density at radius 3 is 2.33 bits per heavy atom. The van der Waals surface area contributed by atoms with Crippen LogP contribution in [-0.2, 0) is 4.74 Å². The third-order valence-corrected chi connectivity index (χ3v) is 2.42. The SMILES string of the molecule is CC(C)(C)CNc1cc(NC(=O)OC(C)(C)C)ccc1F. The van der Waals surface area contributed by atoms with E-state index in [0.717, 1.165) is 0 Å². The quantitative estimate of drug-likeness (QED) is 0.855. The zero-order valence-corrected chi connectivity index (χ0v) is 13.6. The molecule has 0 fully saturated rings. The fourth-order valence-electron chi connectivity index (χ4n) is 1.52. The van der Waals surface area contributed by atoms with Gasteiger partial charge in [-0.25, -0.2) is 9.18 Å². The van der Waals surface area contributed by atoms with Crippen molar-refractivity contribution >= 4 is 17.5 Å². The van der Waals surface area contributed by atoms with Crippen LogP contribution in [0, 0.1) is 11.2 Å². The van der Waals surface area contributed by atoms with Gasteiger partial charge in [0, 0.05) is 12.2 Å². The molecule has 0 aliphatic rings. The summed E-state index contributed by atoms with van der Waals surface area (Å²) in [6.07, 6.45) is -0.559. The summed E-state index contributed by atoms with van der Waals surface area (Å²) in [4.78, 5) is 11.7. The number of carbonyl (C=O) groups excluding carboxylic acids is 1. The molecule has 2 N–H and O–H groups in total. The lowest BCUT2D eigenvalue weighted by Gasteiger charge is -2.21. The summed E-state index contributed by atoms with van der Waals surface area (Å²) in [5.41, 5.74) is 0.305. The number of anilines is 2. The first kappa shape index (κ1) is 17.3. The van der Waals surface area contributed by atoms with Crippen molar-refractivity contribution in [1.29, 1.82) is 0 Å². The maximum atomic E-state index is 13.7. The Kier molecular flexibility index (Phi) is 5.20. The predicted molar refractivity (Wildman–Crippen MR) is 84.2 cm³/mol. The molecule has 21 heavy (non-hydrogen) atoms. The van der Waals surface area contributed by atoms with E-state index in [2.05, 4.69) is 31.4 Å². The van der Waals surface area contributed by atoms with Crippen LogP contribution in [0.5, 0.6) is 0 Å². The van der Waals surface area contributed by atoms with E-state index in [4.69, 9.17) is 4.74 Å². The molecule has 0 heterocycles. The zero-order valence-electron chi connectivity index (χ0n) is 13.6. The van der Waals surface area contributed by atoms with Crippen LogP contribution < -0.4 is 10.6 Å². The van der Waals surface area contributed by atoms with Gasteiger partial charge in [-0.2, -0.15) is 0 Å². The summed E-state index contributed by atoms with van der Waals surface area (Å²) < 4.78 is 18.9. The molecule has 0 bridgehead atoms. The Balaban J connectivity index is 2.75. The van der Waals surface area contributed by atoms with Gasteiger partial charge in [0.05, 0.1) is 5.69 Å². The minimum Gasteiger partial charge on any atom is -0.444 e. The van der Waals surface area contributed by atoms with Crippen LogP contribution in [0.2, 0.25) is 0 Å². The molecule has 0 aliphatic heterocycles. The average molecular weight is 296 g/mol. The van der Waals surface area contributed by atoms with Crippen molar-refractivity contribution in [2.45, 2.75) is 47.1 Å². The number of hydrogen-bond acceptors (Lipinski definition) is 3. The van der Waals surface area contributed by atoms with Crippen LogP contribution in [0.1, 0.15) is 41.5 Å². The standard InChI is InChI=1S/C16H25FN2O2/c1-15(2,3)10-18-13-9-11(7-8-12(13)17)19-14(20)21-16(4,5)6/h7-9,18H,10H2,1-6H3,(H,19,20). The van der Waals surface area contributed by atoms with Crippen molar-refractivity contribution in [3.05, 3.63) is 24.0 Å². The third-order valence-electron chi connectivity index (χ3n) is 2.42. The van der Waals surface area contributed by atoms with Gasteiger partial charge in [-0.05, 0) is 44.4 Å². The fourth-order valence-corrected chi connectivity index (χ4v) is 1.52. The Morgan fingerprint density at radius 1 is 1.19 bits per heavy atom. The molecule has 1 amide bonds. The summed E-state index contributed by atoms with van der Waals surface area (Å²) in [7, 11) is 0. The number of hydrogen-bond donors (Lipinski definition) is 2. The largest absolute Gasteiger partial charge is 0.444 e. The van der Waals surface area contributed by atoms with Crippen LogP contribution in [0.4, 0.5) is 20.6 Å². The molecule has 0 atom stereocenters. The van der Waals surface area contributed by atoms with Crippen LogP contribution in [0.3, 0.4) is 0 Å². The number of ether oxygens (including phenoxy) is 1. The number of nitrogens with one attached hydrogen (secondary N) is 2. The summed E-state index contributed by atoms with van der Waals surface area (Å²) in [6, 6.07) is 4.38. The van der Waals surface area contributed by atoms with Crippen LogP contribution in [0.25, 0.3) is 0 Å². The molecular formula is C16H25FN2O2. The first-order chi connectivity index (χ1) is 9.46. The second-order valence-electron chi connectivity index (χ2n) is 7.24. The molecule has 118 valence electrons. The lowest BCUT2D eigenvalue weighted by Crippen LogP contribution is -2.27. The van der Waals surface area contributed by atoms with Gasteiger partial charge in [0.2, 0.25) is 0 Å². The van der Waals surface area contributed by atoms with E-state index in [0.29, 0.717) is 17.9 Å². The van der Waals surface area contributed by atoms with Crippen LogP contribution >= 0.6 is 0 Å². The van der Waals surface area contributed by atoms with E-state index < -0.39 is 11.7 Å². The highest BCUT2D eigenvalue weighted by molar-refractivity contribution is 5.85. The topological polar surface area (TPSA) is 50.4 Å². The first-order valence-electron chi connectivity index (χ1n) is 7.00. The van der Waals surface area contributed by atoms with Crippen molar-refractivity contribution in [2.75, 3.05) is 17.2 Å². The van der Waals surface area contributed by atoms with E-state index in [1.807, 2.05) is 0 Å². The van der Waals surface area contributed by atoms with Crippen LogP contribution in [0.15, 0.2) is 18.2 Å². The minimum absolute atomic E-state index is 0.0288. The Hall–Kier alpha value is -1.78. The normalized spacial score (nSPS) is 12.0. The summed E-state index contributed by atoms with van der Waals surface area (Å²) in [6.45, 7) is 12.1. The summed E-state index contributed by atoms with van der Waals surface area (Å²) in [5, 5.41) is 5.64. The molecule has 5 heteroatoms. The van der Waals surface area contributed by atoms with E-state index in [1.54, 1.807) is 26.8 Å². The maximum absolute atomic E-state index is 13.7. The van der Waals surface area contributed by atoms with Gasteiger partial charge in [0.15, 0.2) is 0 Å². The molecule has 0 radical (unpaired) electrons. The van der Waals surface area contributed by atoms with Crippen molar-refractivity contribution < 1.29 is 13.9 Å². The highest BCUT2D eigenvalue weighted by Crippen LogP contribution is 2.22. The molecular weight excluding hydrogens is 271 g/mol. The van der Waals surface area contributed by atoms with Gasteiger partial charge in [0.25, 0.3) is 0 Å². The highest BCUT2D eigenvalue weighted by Gasteiger charge is 2.17. The van der Waals surface area contributed by atoms with Gasteiger partial charge in [-0.3, -0.25) is 5.32 Å². The molecule has 0 saturated carbocycles. The maximum Gasteiger partial charge on any atom is 0.412 e. The molecule has 0 aromatic heterocycles. The van der Waals surface area contributed by atoms with E-state index in [1.165, 1.54) is 12.1 Å². The molecule has 0 spiro atoms. The van der Waals surface area contributed by atoms with Gasteiger partial charge in [0.1, 0.15) is 11.4 Å². The van der Waals surface area contributed by atoms with Crippen molar-refractivity contribution in [3.63, 3.8) is 0 Å². The lowest BCUT2D eigenvalue weighted by molar-refractivity contribution is 0.0636. The Labute approximate surface area is 126 Å². The fraction of sp³-hybridized carbons (Fsp3) is 0.562. The summed E-state index contributed by atoms with van der Waals surface area (Å²) >= 11 is 0. The third kappa shape index (κ3) is 6.97. The predicted octanol–water partition coefficient (Wildman–Crippen LogP) is 4.63. The van der Waals surface area contributed by atoms with Crippen molar-refractivity contribution in [2.24, 2.45) is 5.41 Å². The van der Waals surface area contributed by atoms with E-state index >= 15 is 0 Å². The van der Waals surface area contributed by atoms with E-state index in [9.17, 15) is 9.18 Å². The number of carbonyl (C=O) groups is 1. The minimum atomic E-state index is -0.572. The van der Waals surface area contributed by atoms with Gasteiger partial charge in [-0.1, -0.05) is 20.8 Å². The summed E-state index contributed by atoms with van der Waals surface area (Å²) in [5.74, 6) is -0.353. The monoisotopic (exact) mass is 296 g/mol. The van der Waals surface area contributed by atoms with Crippen LogP contribution in [-0.4, -0.2) is 18.2 Å². The zero-order chi connectivity index (χ0) is 16.3. The molecule has 1 aromatic carbocycles. The Morgan fingerprint density at radius 2 is 1.81 bits per heavy atom. The average Bonchev–Trinajstić information content (AvgIpc) is 2.26. The highest BCUT2D eigenvalue weighted by atomic mass is 19.1. The van der Waals surface area contributed by atoms with E-state index in [-0.39, 0.29) is 11.2 Å². The molecule has 4 nitrogen and oxygen atoms in total. The number of halogens is 1. The number of amides is 1. The van der Waals surface area contributed by atoms with Crippen molar-refractivity contribution in [3.8, 4) is 0 Å². The molecule has 1 aromatic rings. The molecule has 0 aliphatic carbocycles. The smallest absolute Gasteiger partial charge is 0.412 e. The van der Waals surface area contributed by atoms with Gasteiger partial charge >= 0.3 is 6.09 Å². The lowest BCUT2D eigenvalue weighted by atomic mass is 9.97. The number of benzene rings is 1. The second kappa shape index (κ2) is 6.33. The Bertz CT molecular complexity index is 502. The van der Waals surface area contributed by atoms with Crippen molar-refractivity contribution in [1.82, 2.24) is 0 Å². The molecule has 0 unspecified atom stereocenters. The van der Waals surface area contributed by atoms with Gasteiger partial charge in [-0.15, -0.1) is 0 Å². The molecule has 0 saturated heterocycles. The number of rotatable bonds is 3. The second-order valence-corrected chi connectivity index (χ2v) is 7.24. The van der Waals surface area contributed by atoms with Gasteiger partial charge < -0.3 is 10.1 Å². The first-order valence-corrected chi connectivity index (χ1v) is 7.00. The molecule has 1 rings (SSSR count).